The van der Waals surface area contributed by atoms with E-state index >= 15 is 0 Å². The minimum atomic E-state index is -0.153. The first-order valence-corrected chi connectivity index (χ1v) is 5.78. The van der Waals surface area contributed by atoms with Crippen molar-refractivity contribution in [3.8, 4) is 0 Å². The second-order valence-electron chi connectivity index (χ2n) is 3.89. The summed E-state index contributed by atoms with van der Waals surface area (Å²) in [6.45, 7) is 1.88. The van der Waals surface area contributed by atoms with E-state index in [0.717, 1.165) is 11.3 Å². The summed E-state index contributed by atoms with van der Waals surface area (Å²) in [5.74, 6) is -0.0112. The second kappa shape index (κ2) is 5.10. The van der Waals surface area contributed by atoms with Gasteiger partial charge in [0.15, 0.2) is 5.84 Å². The number of nitrogens with two attached hydrogens (primary N) is 1. The highest BCUT2D eigenvalue weighted by Gasteiger charge is 2.15. The number of oxime groups is 1. The zero-order valence-electron chi connectivity index (χ0n) is 9.76. The molecule has 1 aromatic rings. The molecule has 0 saturated heterocycles. The Hall–Kier alpha value is -2.01. The molecule has 94 valence electrons. The molecule has 0 bridgehead atoms. The highest BCUT2D eigenvalue weighted by Crippen LogP contribution is 2.19. The Morgan fingerprint density at radius 2 is 2.33 bits per heavy atom. The lowest BCUT2D eigenvalue weighted by atomic mass is 10.1. The van der Waals surface area contributed by atoms with E-state index in [2.05, 4.69) is 15.5 Å². The van der Waals surface area contributed by atoms with E-state index in [1.54, 1.807) is 12.1 Å². The van der Waals surface area contributed by atoms with Gasteiger partial charge in [-0.1, -0.05) is 28.9 Å². The molecule has 1 aliphatic heterocycles. The van der Waals surface area contributed by atoms with E-state index < -0.39 is 0 Å². The van der Waals surface area contributed by atoms with Crippen LogP contribution in [0.3, 0.4) is 0 Å². The van der Waals surface area contributed by atoms with Crippen molar-refractivity contribution in [1.82, 2.24) is 5.32 Å². The van der Waals surface area contributed by atoms with Crippen LogP contribution in [0.5, 0.6) is 0 Å². The zero-order chi connectivity index (χ0) is 13.1. The number of nitrogens with zero attached hydrogens (tertiary/aromatic N) is 2. The summed E-state index contributed by atoms with van der Waals surface area (Å²) >= 11 is 5.95. The Kier molecular flexibility index (Phi) is 3.53. The molecule has 0 fully saturated rings. The molecule has 0 radical (unpaired) electrons. The van der Waals surface area contributed by atoms with Gasteiger partial charge in [-0.3, -0.25) is 4.99 Å². The van der Waals surface area contributed by atoms with Crippen LogP contribution in [0.25, 0.3) is 5.70 Å². The van der Waals surface area contributed by atoms with Crippen LogP contribution in [0.1, 0.15) is 12.5 Å². The lowest BCUT2D eigenvalue weighted by Crippen LogP contribution is -2.33. The lowest BCUT2D eigenvalue weighted by Gasteiger charge is -2.21. The first kappa shape index (κ1) is 12.4. The van der Waals surface area contributed by atoms with Crippen molar-refractivity contribution in [2.24, 2.45) is 15.9 Å². The summed E-state index contributed by atoms with van der Waals surface area (Å²) in [6.07, 6.45) is 1.57. The quantitative estimate of drug-likeness (QED) is 0.330. The number of halogens is 1. The molecule has 0 saturated carbocycles. The fourth-order valence-electron chi connectivity index (χ4n) is 1.70. The first-order chi connectivity index (χ1) is 8.60. The van der Waals surface area contributed by atoms with Crippen LogP contribution in [-0.2, 0) is 0 Å². The van der Waals surface area contributed by atoms with Crippen LogP contribution in [0.2, 0.25) is 5.02 Å². The van der Waals surface area contributed by atoms with Gasteiger partial charge in [-0.05, 0) is 30.7 Å². The minimum Gasteiger partial charge on any atom is -0.409 e. The van der Waals surface area contributed by atoms with Gasteiger partial charge in [0, 0.05) is 10.7 Å². The molecular formula is C12H13ClN4O. The van der Waals surface area contributed by atoms with Gasteiger partial charge in [0.1, 0.15) is 11.9 Å². The Balaban J connectivity index is 2.40. The summed E-state index contributed by atoms with van der Waals surface area (Å²) in [6, 6.07) is 7.42. The number of rotatable bonds is 2. The summed E-state index contributed by atoms with van der Waals surface area (Å²) in [5.41, 5.74) is 7.75. The third-order valence-electron chi connectivity index (χ3n) is 2.48. The molecule has 0 amide bonds. The molecule has 1 atom stereocenters. The summed E-state index contributed by atoms with van der Waals surface area (Å²) < 4.78 is 0. The Morgan fingerprint density at radius 3 is 3.00 bits per heavy atom. The van der Waals surface area contributed by atoms with Crippen molar-refractivity contribution in [2.75, 3.05) is 0 Å². The van der Waals surface area contributed by atoms with Crippen molar-refractivity contribution in [3.05, 3.63) is 40.9 Å². The smallest absolute Gasteiger partial charge is 0.188 e. The fourth-order valence-corrected chi connectivity index (χ4v) is 1.89. The molecule has 18 heavy (non-hydrogen) atoms. The van der Waals surface area contributed by atoms with E-state index in [-0.39, 0.29) is 12.0 Å². The molecule has 0 aromatic heterocycles. The van der Waals surface area contributed by atoms with Crippen molar-refractivity contribution < 1.29 is 5.21 Å². The molecule has 1 aliphatic rings. The normalized spacial score (nSPS) is 19.9. The molecule has 1 unspecified atom stereocenters. The highest BCUT2D eigenvalue weighted by atomic mass is 35.5. The van der Waals surface area contributed by atoms with Crippen molar-refractivity contribution >= 4 is 28.8 Å². The molecule has 1 aromatic carbocycles. The van der Waals surface area contributed by atoms with Gasteiger partial charge in [0.2, 0.25) is 0 Å². The highest BCUT2D eigenvalue weighted by molar-refractivity contribution is 6.46. The second-order valence-corrected chi connectivity index (χ2v) is 4.32. The van der Waals surface area contributed by atoms with Crippen LogP contribution in [0.15, 0.2) is 40.5 Å². The average molecular weight is 265 g/mol. The van der Waals surface area contributed by atoms with Gasteiger partial charge in [0.25, 0.3) is 0 Å². The Labute approximate surface area is 110 Å². The van der Waals surface area contributed by atoms with Crippen molar-refractivity contribution in [3.63, 3.8) is 0 Å². The number of hydrogen-bond acceptors (Lipinski definition) is 4. The molecule has 1 heterocycles. The third-order valence-corrected chi connectivity index (χ3v) is 2.72. The van der Waals surface area contributed by atoms with Crippen LogP contribution < -0.4 is 11.1 Å². The maximum absolute atomic E-state index is 8.69. The zero-order valence-corrected chi connectivity index (χ0v) is 10.5. The topological polar surface area (TPSA) is 83.0 Å². The molecule has 0 aliphatic carbocycles. The molecule has 6 heteroatoms. The van der Waals surface area contributed by atoms with Gasteiger partial charge in [0.05, 0.1) is 0 Å². The maximum Gasteiger partial charge on any atom is 0.188 e. The van der Waals surface area contributed by atoms with Gasteiger partial charge in [-0.25, -0.2) is 0 Å². The monoisotopic (exact) mass is 264 g/mol. The minimum absolute atomic E-state index is 0.0112. The van der Waals surface area contributed by atoms with Crippen LogP contribution in [-0.4, -0.2) is 22.9 Å². The van der Waals surface area contributed by atoms with Gasteiger partial charge in [-0.2, -0.15) is 0 Å². The van der Waals surface area contributed by atoms with E-state index in [4.69, 9.17) is 22.5 Å². The predicted molar refractivity (Wildman–Crippen MR) is 72.9 cm³/mol. The lowest BCUT2D eigenvalue weighted by molar-refractivity contribution is 0.319. The standard InChI is InChI=1S/C12H13ClN4O/c1-7-15-10(6-11(16-7)12(14)17-18)8-3-2-4-9(13)5-8/h2-7,15,18H,1H3,(H2,14,17). The van der Waals surface area contributed by atoms with Gasteiger partial charge in [-0.15, -0.1) is 0 Å². The number of amidine groups is 1. The average Bonchev–Trinajstić information content (AvgIpc) is 2.37. The van der Waals surface area contributed by atoms with E-state index in [9.17, 15) is 0 Å². The SMILES string of the molecule is CC1N=C(/C(N)=N/O)C=C(c2cccc(Cl)c2)N1. The first-order valence-electron chi connectivity index (χ1n) is 5.40. The Bertz CT molecular complexity index is 551. The van der Waals surface area contributed by atoms with Gasteiger partial charge >= 0.3 is 0 Å². The van der Waals surface area contributed by atoms with E-state index in [0.29, 0.717) is 10.7 Å². The predicted octanol–water partition coefficient (Wildman–Crippen LogP) is 1.82. The third kappa shape index (κ3) is 2.62. The molecular weight excluding hydrogens is 252 g/mol. The number of aliphatic imine (C=N–C) groups is 1. The van der Waals surface area contributed by atoms with Crippen LogP contribution in [0, 0.1) is 0 Å². The van der Waals surface area contributed by atoms with Crippen molar-refractivity contribution in [1.29, 1.82) is 0 Å². The largest absolute Gasteiger partial charge is 0.409 e. The fraction of sp³-hybridized carbons (Fsp3) is 0.167. The number of benzene rings is 1. The molecule has 4 N–H and O–H groups in total. The van der Waals surface area contributed by atoms with Crippen LogP contribution in [0.4, 0.5) is 0 Å². The molecule has 2 rings (SSSR count). The van der Waals surface area contributed by atoms with E-state index in [1.165, 1.54) is 0 Å². The number of nitrogens with one attached hydrogen (secondary N) is 1. The van der Waals surface area contributed by atoms with Crippen molar-refractivity contribution in [2.45, 2.75) is 13.1 Å². The Morgan fingerprint density at radius 1 is 1.56 bits per heavy atom. The molecule has 5 nitrogen and oxygen atoms in total. The summed E-state index contributed by atoms with van der Waals surface area (Å²) in [7, 11) is 0. The molecule has 0 spiro atoms. The van der Waals surface area contributed by atoms with E-state index in [1.807, 2.05) is 25.1 Å². The summed E-state index contributed by atoms with van der Waals surface area (Å²) in [4.78, 5) is 4.23. The van der Waals surface area contributed by atoms with Crippen LogP contribution >= 0.6 is 11.6 Å². The number of hydrogen-bond donors (Lipinski definition) is 3. The van der Waals surface area contributed by atoms with Gasteiger partial charge < -0.3 is 16.3 Å². The maximum atomic E-state index is 8.69. The summed E-state index contributed by atoms with van der Waals surface area (Å²) in [5, 5.41) is 15.5.